The van der Waals surface area contributed by atoms with E-state index in [0.29, 0.717) is 23.8 Å². The van der Waals surface area contributed by atoms with E-state index in [1.165, 1.54) is 12.6 Å². The number of aryl methyl sites for hydroxylation is 1. The SMILES string of the molecule is CCn1ncc(N)c1C(=O)OC1CC(C)CC(C)(C)C1. The molecule has 0 amide bonds. The van der Waals surface area contributed by atoms with Crippen molar-refractivity contribution in [2.45, 2.75) is 59.6 Å². The minimum atomic E-state index is -0.350. The minimum Gasteiger partial charge on any atom is -0.458 e. The van der Waals surface area contributed by atoms with Gasteiger partial charge in [0, 0.05) is 6.54 Å². The van der Waals surface area contributed by atoms with Crippen LogP contribution in [0.25, 0.3) is 0 Å². The third-order valence-electron chi connectivity index (χ3n) is 3.98. The highest BCUT2D eigenvalue weighted by Crippen LogP contribution is 2.39. The highest BCUT2D eigenvalue weighted by Gasteiger charge is 2.34. The largest absolute Gasteiger partial charge is 0.458 e. The van der Waals surface area contributed by atoms with Gasteiger partial charge in [-0.1, -0.05) is 20.8 Å². The Balaban J connectivity index is 2.09. The number of nitrogens with zero attached hydrogens (tertiary/aromatic N) is 2. The number of anilines is 1. The first-order valence-electron chi connectivity index (χ1n) is 7.34. The van der Waals surface area contributed by atoms with E-state index in [9.17, 15) is 4.79 Å². The highest BCUT2D eigenvalue weighted by molar-refractivity contribution is 5.93. The van der Waals surface area contributed by atoms with Gasteiger partial charge in [-0.3, -0.25) is 4.68 Å². The fourth-order valence-corrected chi connectivity index (χ4v) is 3.42. The van der Waals surface area contributed by atoms with Gasteiger partial charge in [-0.15, -0.1) is 0 Å². The molecule has 0 spiro atoms. The second kappa shape index (κ2) is 5.46. The number of ether oxygens (including phenoxy) is 1. The molecule has 1 fully saturated rings. The molecule has 2 rings (SSSR count). The molecule has 0 bridgehead atoms. The van der Waals surface area contributed by atoms with E-state index in [2.05, 4.69) is 25.9 Å². The number of carbonyl (C=O) groups is 1. The van der Waals surface area contributed by atoms with Gasteiger partial charge in [0.1, 0.15) is 6.10 Å². The second-order valence-electron chi connectivity index (χ2n) is 6.70. The average molecular weight is 279 g/mol. The summed E-state index contributed by atoms with van der Waals surface area (Å²) in [7, 11) is 0. The van der Waals surface area contributed by atoms with Crippen molar-refractivity contribution in [1.29, 1.82) is 0 Å². The summed E-state index contributed by atoms with van der Waals surface area (Å²) in [5.41, 5.74) is 6.81. The molecule has 5 heteroatoms. The van der Waals surface area contributed by atoms with Gasteiger partial charge in [0.15, 0.2) is 5.69 Å². The summed E-state index contributed by atoms with van der Waals surface area (Å²) in [6.45, 7) is 9.21. The first kappa shape index (κ1) is 14.9. The van der Waals surface area contributed by atoms with Crippen LogP contribution in [0.15, 0.2) is 6.20 Å². The van der Waals surface area contributed by atoms with Crippen molar-refractivity contribution in [2.24, 2.45) is 11.3 Å². The zero-order chi connectivity index (χ0) is 14.9. The quantitative estimate of drug-likeness (QED) is 0.864. The van der Waals surface area contributed by atoms with Crippen LogP contribution in [0.3, 0.4) is 0 Å². The van der Waals surface area contributed by atoms with Crippen LogP contribution in [0.5, 0.6) is 0 Å². The zero-order valence-corrected chi connectivity index (χ0v) is 12.8. The van der Waals surface area contributed by atoms with Gasteiger partial charge in [0.2, 0.25) is 0 Å². The summed E-state index contributed by atoms with van der Waals surface area (Å²) < 4.78 is 7.28. The van der Waals surface area contributed by atoms with Crippen molar-refractivity contribution < 1.29 is 9.53 Å². The molecule has 0 saturated heterocycles. The molecule has 5 nitrogen and oxygen atoms in total. The number of nitrogens with two attached hydrogens (primary N) is 1. The molecular weight excluding hydrogens is 254 g/mol. The van der Waals surface area contributed by atoms with E-state index in [4.69, 9.17) is 10.5 Å². The van der Waals surface area contributed by atoms with Crippen LogP contribution in [-0.4, -0.2) is 21.9 Å². The lowest BCUT2D eigenvalue weighted by Crippen LogP contribution is -2.34. The van der Waals surface area contributed by atoms with E-state index in [0.717, 1.165) is 12.8 Å². The lowest BCUT2D eigenvalue weighted by Gasteiger charge is -2.38. The van der Waals surface area contributed by atoms with Crippen LogP contribution in [0, 0.1) is 11.3 Å². The minimum absolute atomic E-state index is 0.0270. The van der Waals surface area contributed by atoms with Gasteiger partial charge in [-0.2, -0.15) is 5.10 Å². The molecule has 20 heavy (non-hydrogen) atoms. The van der Waals surface area contributed by atoms with Gasteiger partial charge in [-0.25, -0.2) is 4.79 Å². The van der Waals surface area contributed by atoms with E-state index >= 15 is 0 Å². The maximum atomic E-state index is 12.3. The smallest absolute Gasteiger partial charge is 0.359 e. The topological polar surface area (TPSA) is 70.1 Å². The molecular formula is C15H25N3O2. The fourth-order valence-electron chi connectivity index (χ4n) is 3.42. The third kappa shape index (κ3) is 3.14. The van der Waals surface area contributed by atoms with Crippen molar-refractivity contribution in [2.75, 3.05) is 5.73 Å². The number of carbonyl (C=O) groups excluding carboxylic acids is 1. The van der Waals surface area contributed by atoms with Gasteiger partial charge >= 0.3 is 5.97 Å². The maximum Gasteiger partial charge on any atom is 0.359 e. The third-order valence-corrected chi connectivity index (χ3v) is 3.98. The van der Waals surface area contributed by atoms with Crippen molar-refractivity contribution in [3.8, 4) is 0 Å². The first-order valence-corrected chi connectivity index (χ1v) is 7.34. The standard InChI is InChI=1S/C15H25N3O2/c1-5-18-13(12(16)9-17-18)14(19)20-11-6-10(2)7-15(3,4)8-11/h9-11H,5-8,16H2,1-4H3. The molecule has 2 atom stereocenters. The fraction of sp³-hybridized carbons (Fsp3) is 0.733. The highest BCUT2D eigenvalue weighted by atomic mass is 16.5. The number of hydrogen-bond donors (Lipinski definition) is 1. The molecule has 1 aromatic heterocycles. The predicted molar refractivity (Wildman–Crippen MR) is 78.3 cm³/mol. The van der Waals surface area contributed by atoms with E-state index < -0.39 is 0 Å². The van der Waals surface area contributed by atoms with Crippen molar-refractivity contribution >= 4 is 11.7 Å². The number of hydrogen-bond acceptors (Lipinski definition) is 4. The van der Waals surface area contributed by atoms with Gasteiger partial charge < -0.3 is 10.5 Å². The van der Waals surface area contributed by atoms with Crippen LogP contribution in [0.2, 0.25) is 0 Å². The molecule has 1 aliphatic rings. The Bertz CT molecular complexity index is 493. The van der Waals surface area contributed by atoms with Crippen LogP contribution < -0.4 is 5.73 Å². The maximum absolute atomic E-state index is 12.3. The van der Waals surface area contributed by atoms with E-state index in [1.54, 1.807) is 4.68 Å². The summed E-state index contributed by atoms with van der Waals surface area (Å²) >= 11 is 0. The Labute approximate surface area is 120 Å². The van der Waals surface area contributed by atoms with Crippen LogP contribution in [-0.2, 0) is 11.3 Å². The molecule has 0 radical (unpaired) electrons. The number of aromatic nitrogens is 2. The van der Waals surface area contributed by atoms with Crippen LogP contribution in [0.4, 0.5) is 5.69 Å². The summed E-state index contributed by atoms with van der Waals surface area (Å²) in [6, 6.07) is 0. The zero-order valence-electron chi connectivity index (χ0n) is 12.8. The van der Waals surface area contributed by atoms with Crippen LogP contribution in [0.1, 0.15) is 57.4 Å². The first-order chi connectivity index (χ1) is 9.32. The monoisotopic (exact) mass is 279 g/mol. The van der Waals surface area contributed by atoms with Crippen molar-refractivity contribution in [1.82, 2.24) is 9.78 Å². The summed E-state index contributed by atoms with van der Waals surface area (Å²) in [4.78, 5) is 12.3. The predicted octanol–water partition coefficient (Wildman–Crippen LogP) is 2.86. The second-order valence-corrected chi connectivity index (χ2v) is 6.70. The normalized spacial score (nSPS) is 25.4. The van der Waals surface area contributed by atoms with Crippen molar-refractivity contribution in [3.05, 3.63) is 11.9 Å². The molecule has 1 aromatic rings. The summed E-state index contributed by atoms with van der Waals surface area (Å²) in [5, 5.41) is 4.08. The molecule has 2 N–H and O–H groups in total. The summed E-state index contributed by atoms with van der Waals surface area (Å²) in [6.07, 6.45) is 4.49. The number of esters is 1. The number of rotatable bonds is 3. The van der Waals surface area contributed by atoms with Crippen LogP contribution >= 0.6 is 0 Å². The molecule has 1 saturated carbocycles. The molecule has 0 aromatic carbocycles. The Morgan fingerprint density at radius 1 is 1.55 bits per heavy atom. The molecule has 1 heterocycles. The van der Waals surface area contributed by atoms with Gasteiger partial charge in [-0.05, 0) is 37.5 Å². The molecule has 112 valence electrons. The number of nitrogen functional groups attached to an aromatic ring is 1. The molecule has 0 aliphatic heterocycles. The van der Waals surface area contributed by atoms with Gasteiger partial charge in [0.25, 0.3) is 0 Å². The molecule has 1 aliphatic carbocycles. The van der Waals surface area contributed by atoms with Gasteiger partial charge in [0.05, 0.1) is 11.9 Å². The Kier molecular flexibility index (Phi) is 4.06. The Morgan fingerprint density at radius 2 is 2.25 bits per heavy atom. The van der Waals surface area contributed by atoms with E-state index in [-0.39, 0.29) is 17.5 Å². The Hall–Kier alpha value is -1.52. The average Bonchev–Trinajstić information content (AvgIpc) is 2.67. The Morgan fingerprint density at radius 3 is 2.85 bits per heavy atom. The lowest BCUT2D eigenvalue weighted by molar-refractivity contribution is -0.00805. The molecule has 2 unspecified atom stereocenters. The van der Waals surface area contributed by atoms with Crippen molar-refractivity contribution in [3.63, 3.8) is 0 Å². The summed E-state index contributed by atoms with van der Waals surface area (Å²) in [5.74, 6) is 0.224. The lowest BCUT2D eigenvalue weighted by atomic mass is 9.71. The van der Waals surface area contributed by atoms with E-state index in [1.807, 2.05) is 6.92 Å².